The van der Waals surface area contributed by atoms with E-state index < -0.39 is 11.9 Å². The predicted molar refractivity (Wildman–Crippen MR) is 73.1 cm³/mol. The summed E-state index contributed by atoms with van der Waals surface area (Å²) in [5.74, 6) is -2.13. The minimum absolute atomic E-state index is 0.0801. The molecule has 102 valence electrons. The van der Waals surface area contributed by atoms with E-state index in [-0.39, 0.29) is 16.8 Å². The lowest BCUT2D eigenvalue weighted by molar-refractivity contribution is 0.0684. The molecule has 1 heterocycles. The van der Waals surface area contributed by atoms with Gasteiger partial charge in [0.2, 0.25) is 0 Å². The van der Waals surface area contributed by atoms with Crippen LogP contribution in [0.3, 0.4) is 0 Å². The minimum atomic E-state index is -1.07. The van der Waals surface area contributed by atoms with Gasteiger partial charge in [-0.1, -0.05) is 11.8 Å². The Hall–Kier alpha value is -2.54. The SMILES string of the molecule is Nc1cc(C(=O)O)ccc1Sc1cnccc1C(=O)O. The van der Waals surface area contributed by atoms with Crippen LogP contribution in [-0.4, -0.2) is 27.1 Å². The number of rotatable bonds is 4. The summed E-state index contributed by atoms with van der Waals surface area (Å²) in [4.78, 5) is 26.8. The van der Waals surface area contributed by atoms with Crippen LogP contribution in [0.25, 0.3) is 0 Å². The normalized spacial score (nSPS) is 10.2. The number of nitrogen functional groups attached to an aromatic ring is 1. The van der Waals surface area contributed by atoms with Gasteiger partial charge in [-0.15, -0.1) is 0 Å². The first-order valence-corrected chi connectivity index (χ1v) is 6.28. The van der Waals surface area contributed by atoms with E-state index in [9.17, 15) is 9.59 Å². The molecule has 0 radical (unpaired) electrons. The summed E-state index contributed by atoms with van der Waals surface area (Å²) in [5, 5.41) is 17.9. The zero-order valence-corrected chi connectivity index (χ0v) is 10.9. The molecular weight excluding hydrogens is 280 g/mol. The van der Waals surface area contributed by atoms with Crippen molar-refractivity contribution in [2.45, 2.75) is 9.79 Å². The number of carbonyl (C=O) groups is 2. The van der Waals surface area contributed by atoms with E-state index in [1.54, 1.807) is 6.07 Å². The average Bonchev–Trinajstić information content (AvgIpc) is 2.41. The number of carboxylic acid groups (broad SMARTS) is 2. The molecule has 0 atom stereocenters. The van der Waals surface area contributed by atoms with Crippen LogP contribution in [0.5, 0.6) is 0 Å². The van der Waals surface area contributed by atoms with Crippen LogP contribution in [-0.2, 0) is 0 Å². The monoisotopic (exact) mass is 290 g/mol. The van der Waals surface area contributed by atoms with Gasteiger partial charge in [-0.25, -0.2) is 9.59 Å². The van der Waals surface area contributed by atoms with Crippen molar-refractivity contribution in [1.29, 1.82) is 0 Å². The molecule has 20 heavy (non-hydrogen) atoms. The predicted octanol–water partition coefficient (Wildman–Crippen LogP) is 2.21. The molecule has 2 rings (SSSR count). The van der Waals surface area contributed by atoms with E-state index in [4.69, 9.17) is 15.9 Å². The fraction of sp³-hybridized carbons (Fsp3) is 0. The molecule has 0 fully saturated rings. The maximum Gasteiger partial charge on any atom is 0.336 e. The van der Waals surface area contributed by atoms with Crippen molar-refractivity contribution in [3.05, 3.63) is 47.8 Å². The molecule has 6 nitrogen and oxygen atoms in total. The third-order valence-electron chi connectivity index (χ3n) is 2.49. The molecule has 0 unspecified atom stereocenters. The van der Waals surface area contributed by atoms with E-state index in [0.717, 1.165) is 11.8 Å². The first-order valence-electron chi connectivity index (χ1n) is 5.47. The second kappa shape index (κ2) is 5.62. The number of aromatic nitrogens is 1. The van der Waals surface area contributed by atoms with Crippen LogP contribution >= 0.6 is 11.8 Å². The molecule has 4 N–H and O–H groups in total. The summed E-state index contributed by atoms with van der Waals surface area (Å²) in [6.45, 7) is 0. The molecule has 1 aromatic carbocycles. The Morgan fingerprint density at radius 1 is 1.10 bits per heavy atom. The molecule has 0 saturated carbocycles. The highest BCUT2D eigenvalue weighted by Crippen LogP contribution is 2.34. The molecule has 1 aromatic heterocycles. The molecule has 0 spiro atoms. The highest BCUT2D eigenvalue weighted by atomic mass is 32.2. The van der Waals surface area contributed by atoms with Crippen molar-refractivity contribution in [1.82, 2.24) is 4.98 Å². The van der Waals surface area contributed by atoms with Crippen LogP contribution in [0.2, 0.25) is 0 Å². The quantitative estimate of drug-likeness (QED) is 0.740. The van der Waals surface area contributed by atoms with E-state index in [0.29, 0.717) is 9.79 Å². The van der Waals surface area contributed by atoms with Gasteiger partial charge in [0.1, 0.15) is 0 Å². The number of carboxylic acids is 2. The van der Waals surface area contributed by atoms with Crippen molar-refractivity contribution in [2.24, 2.45) is 0 Å². The zero-order chi connectivity index (χ0) is 14.7. The lowest BCUT2D eigenvalue weighted by Gasteiger charge is -2.08. The number of aromatic carboxylic acids is 2. The first kappa shape index (κ1) is 13.9. The van der Waals surface area contributed by atoms with Gasteiger partial charge in [0.15, 0.2) is 0 Å². The smallest absolute Gasteiger partial charge is 0.336 e. The number of nitrogens with zero attached hydrogens (tertiary/aromatic N) is 1. The first-order chi connectivity index (χ1) is 9.49. The van der Waals surface area contributed by atoms with Crippen LogP contribution in [0.1, 0.15) is 20.7 Å². The van der Waals surface area contributed by atoms with Crippen molar-refractivity contribution in [3.63, 3.8) is 0 Å². The molecule has 0 aliphatic heterocycles. The van der Waals surface area contributed by atoms with Gasteiger partial charge in [-0.05, 0) is 24.3 Å². The molecule has 2 aromatic rings. The summed E-state index contributed by atoms with van der Waals surface area (Å²) in [7, 11) is 0. The van der Waals surface area contributed by atoms with E-state index in [2.05, 4.69) is 4.98 Å². The maximum atomic E-state index is 11.1. The summed E-state index contributed by atoms with van der Waals surface area (Å²) < 4.78 is 0. The van der Waals surface area contributed by atoms with Crippen molar-refractivity contribution in [2.75, 3.05) is 5.73 Å². The van der Waals surface area contributed by atoms with Gasteiger partial charge in [-0.2, -0.15) is 0 Å². The van der Waals surface area contributed by atoms with Crippen LogP contribution in [0, 0.1) is 0 Å². The van der Waals surface area contributed by atoms with Gasteiger partial charge in [0.25, 0.3) is 0 Å². The largest absolute Gasteiger partial charge is 0.478 e. The van der Waals surface area contributed by atoms with Gasteiger partial charge >= 0.3 is 11.9 Å². The number of anilines is 1. The summed E-state index contributed by atoms with van der Waals surface area (Å²) >= 11 is 1.13. The number of nitrogens with two attached hydrogens (primary N) is 1. The molecule has 0 aliphatic carbocycles. The highest BCUT2D eigenvalue weighted by Gasteiger charge is 2.13. The Morgan fingerprint density at radius 2 is 1.85 bits per heavy atom. The number of benzene rings is 1. The van der Waals surface area contributed by atoms with E-state index in [1.165, 1.54) is 30.6 Å². The second-order valence-electron chi connectivity index (χ2n) is 3.84. The van der Waals surface area contributed by atoms with Gasteiger partial charge in [0, 0.05) is 27.9 Å². The van der Waals surface area contributed by atoms with Crippen LogP contribution in [0.4, 0.5) is 5.69 Å². The Bertz CT molecular complexity index is 688. The molecule has 0 amide bonds. The molecule has 0 saturated heterocycles. The summed E-state index contributed by atoms with van der Waals surface area (Å²) in [6, 6.07) is 5.69. The Balaban J connectivity index is 2.36. The number of hydrogen-bond donors (Lipinski definition) is 3. The minimum Gasteiger partial charge on any atom is -0.478 e. The van der Waals surface area contributed by atoms with Gasteiger partial charge in [-0.3, -0.25) is 4.98 Å². The lowest BCUT2D eigenvalue weighted by atomic mass is 10.2. The Labute approximate surface area is 118 Å². The summed E-state index contributed by atoms with van der Waals surface area (Å²) in [5.41, 5.74) is 6.25. The molecule has 0 bridgehead atoms. The lowest BCUT2D eigenvalue weighted by Crippen LogP contribution is -2.01. The van der Waals surface area contributed by atoms with E-state index >= 15 is 0 Å². The van der Waals surface area contributed by atoms with Gasteiger partial charge < -0.3 is 15.9 Å². The Morgan fingerprint density at radius 3 is 2.45 bits per heavy atom. The maximum absolute atomic E-state index is 11.1. The zero-order valence-electron chi connectivity index (χ0n) is 10.1. The summed E-state index contributed by atoms with van der Waals surface area (Å²) in [6.07, 6.45) is 2.82. The van der Waals surface area contributed by atoms with Crippen molar-refractivity contribution < 1.29 is 19.8 Å². The van der Waals surface area contributed by atoms with Crippen LogP contribution in [0.15, 0.2) is 46.5 Å². The fourth-order valence-corrected chi connectivity index (χ4v) is 2.46. The van der Waals surface area contributed by atoms with E-state index in [1.807, 2.05) is 0 Å². The molecular formula is C13H10N2O4S. The van der Waals surface area contributed by atoms with Crippen LogP contribution < -0.4 is 5.73 Å². The Kier molecular flexibility index (Phi) is 3.90. The average molecular weight is 290 g/mol. The molecule has 0 aliphatic rings. The second-order valence-corrected chi connectivity index (χ2v) is 4.92. The fourth-order valence-electron chi connectivity index (χ4n) is 1.53. The van der Waals surface area contributed by atoms with Crippen molar-refractivity contribution in [3.8, 4) is 0 Å². The van der Waals surface area contributed by atoms with Gasteiger partial charge in [0.05, 0.1) is 11.1 Å². The van der Waals surface area contributed by atoms with Crippen molar-refractivity contribution >= 4 is 29.4 Å². The number of hydrogen-bond acceptors (Lipinski definition) is 5. The third kappa shape index (κ3) is 2.89. The molecule has 7 heteroatoms. The third-order valence-corrected chi connectivity index (χ3v) is 3.63. The number of pyridine rings is 1. The highest BCUT2D eigenvalue weighted by molar-refractivity contribution is 7.99. The topological polar surface area (TPSA) is 114 Å². The standard InChI is InChI=1S/C13H10N2O4S/c14-9-5-7(12(16)17)1-2-10(9)20-11-6-15-4-3-8(11)13(18)19/h1-6H,14H2,(H,16,17)(H,18,19).